The summed E-state index contributed by atoms with van der Waals surface area (Å²) in [6, 6.07) is 7.62. The van der Waals surface area contributed by atoms with Crippen LogP contribution < -0.4 is 11.4 Å². The van der Waals surface area contributed by atoms with E-state index < -0.39 is 0 Å². The normalized spacial score (nSPS) is 21.3. The molecule has 6 heteroatoms. The van der Waals surface area contributed by atoms with E-state index in [1.54, 1.807) is 9.13 Å². The second kappa shape index (κ2) is 5.85. The molecule has 2 N–H and O–H groups in total. The highest BCUT2D eigenvalue weighted by Gasteiger charge is 2.35. The summed E-state index contributed by atoms with van der Waals surface area (Å²) < 4.78 is 3.29. The number of carbonyl (C=O) groups excluding carboxylic acids is 1. The Kier molecular flexibility index (Phi) is 4.02. The summed E-state index contributed by atoms with van der Waals surface area (Å²) in [5, 5.41) is 0. The number of amides is 1. The maximum Gasteiger partial charge on any atom is 0.329 e. The summed E-state index contributed by atoms with van der Waals surface area (Å²) in [5.74, 6) is -0.0109. The van der Waals surface area contributed by atoms with Crippen molar-refractivity contribution in [3.05, 3.63) is 34.7 Å². The fourth-order valence-corrected chi connectivity index (χ4v) is 3.37. The molecule has 1 fully saturated rings. The Labute approximate surface area is 135 Å². The Bertz CT molecular complexity index is 791. The van der Waals surface area contributed by atoms with Crippen molar-refractivity contribution in [2.75, 3.05) is 19.6 Å². The van der Waals surface area contributed by atoms with E-state index in [1.807, 2.05) is 36.1 Å². The highest BCUT2D eigenvalue weighted by atomic mass is 16.2. The average molecular weight is 316 g/mol. The fraction of sp³-hybridized carbons (Fsp3) is 0.529. The lowest BCUT2D eigenvalue weighted by atomic mass is 9.90. The summed E-state index contributed by atoms with van der Waals surface area (Å²) in [4.78, 5) is 27.0. The molecule has 0 radical (unpaired) electrons. The van der Waals surface area contributed by atoms with E-state index in [0.717, 1.165) is 17.5 Å². The molecule has 0 aliphatic carbocycles. The van der Waals surface area contributed by atoms with Crippen LogP contribution in [0.15, 0.2) is 29.1 Å². The first kappa shape index (κ1) is 15.8. The summed E-state index contributed by atoms with van der Waals surface area (Å²) in [6.45, 7) is 6.69. The number of likely N-dealkylation sites (tertiary alicyclic amines) is 1. The summed E-state index contributed by atoms with van der Waals surface area (Å²) in [7, 11) is 0. The third-order valence-corrected chi connectivity index (χ3v) is 4.94. The maximum absolute atomic E-state index is 12.6. The number of nitrogens with zero attached hydrogens (tertiary/aromatic N) is 3. The van der Waals surface area contributed by atoms with E-state index in [-0.39, 0.29) is 23.6 Å². The zero-order valence-electron chi connectivity index (χ0n) is 13.8. The van der Waals surface area contributed by atoms with Gasteiger partial charge in [0.25, 0.3) is 0 Å². The van der Waals surface area contributed by atoms with Gasteiger partial charge in [-0.2, -0.15) is 0 Å². The van der Waals surface area contributed by atoms with Crippen molar-refractivity contribution in [2.24, 2.45) is 11.1 Å². The highest BCUT2D eigenvalue weighted by molar-refractivity contribution is 5.81. The van der Waals surface area contributed by atoms with Crippen molar-refractivity contribution in [2.45, 2.75) is 33.4 Å². The van der Waals surface area contributed by atoms with Crippen molar-refractivity contribution in [1.82, 2.24) is 14.0 Å². The number of fused-ring (bicyclic) bond motifs is 1. The van der Waals surface area contributed by atoms with Gasteiger partial charge in [-0.05, 0) is 37.4 Å². The molecule has 1 aromatic carbocycles. The highest BCUT2D eigenvalue weighted by Crippen LogP contribution is 2.28. The Morgan fingerprint density at radius 1 is 1.26 bits per heavy atom. The first-order valence-corrected chi connectivity index (χ1v) is 8.15. The number of para-hydroxylation sites is 2. The minimum Gasteiger partial charge on any atom is -0.341 e. The number of carbonyl (C=O) groups is 1. The number of aromatic nitrogens is 2. The van der Waals surface area contributed by atoms with Crippen molar-refractivity contribution < 1.29 is 4.79 Å². The third kappa shape index (κ3) is 2.67. The van der Waals surface area contributed by atoms with E-state index in [2.05, 4.69) is 6.92 Å². The van der Waals surface area contributed by atoms with Crippen LogP contribution in [0, 0.1) is 5.41 Å². The van der Waals surface area contributed by atoms with Crippen molar-refractivity contribution in [3.8, 4) is 0 Å². The number of benzene rings is 1. The SMILES string of the molecule is CCn1c(=O)n(CC(=O)N2CCC(C)(CN)C2)c2ccccc21. The summed E-state index contributed by atoms with van der Waals surface area (Å²) in [5.41, 5.74) is 7.37. The predicted molar refractivity (Wildman–Crippen MR) is 90.2 cm³/mol. The maximum atomic E-state index is 12.6. The van der Waals surface area contributed by atoms with Crippen LogP contribution in [-0.4, -0.2) is 39.6 Å². The van der Waals surface area contributed by atoms with Gasteiger partial charge in [0.1, 0.15) is 6.54 Å². The molecule has 0 saturated carbocycles. The molecule has 1 atom stereocenters. The van der Waals surface area contributed by atoms with E-state index >= 15 is 0 Å². The summed E-state index contributed by atoms with van der Waals surface area (Å²) >= 11 is 0. The second-order valence-corrected chi connectivity index (χ2v) is 6.68. The molecule has 1 aliphatic rings. The standard InChI is InChI=1S/C17H24N4O2/c1-3-20-13-6-4-5-7-14(13)21(16(20)23)10-15(22)19-9-8-17(2,11-18)12-19/h4-7H,3,8-12,18H2,1-2H3. The molecule has 2 aromatic rings. The average Bonchev–Trinajstić information content (AvgIpc) is 3.08. The van der Waals surface area contributed by atoms with Crippen molar-refractivity contribution in [3.63, 3.8) is 0 Å². The van der Waals surface area contributed by atoms with Crippen LogP contribution in [0.25, 0.3) is 11.0 Å². The molecule has 3 rings (SSSR count). The first-order chi connectivity index (χ1) is 11.0. The molecule has 0 bridgehead atoms. The van der Waals surface area contributed by atoms with Gasteiger partial charge in [0.2, 0.25) is 5.91 Å². The number of hydrogen-bond acceptors (Lipinski definition) is 3. The Hall–Kier alpha value is -2.08. The molecule has 6 nitrogen and oxygen atoms in total. The monoisotopic (exact) mass is 316 g/mol. The molecule has 2 heterocycles. The molecule has 1 aromatic heterocycles. The number of hydrogen-bond donors (Lipinski definition) is 1. The van der Waals surface area contributed by atoms with Gasteiger partial charge in [-0.3, -0.25) is 13.9 Å². The van der Waals surface area contributed by atoms with E-state index in [1.165, 1.54) is 0 Å². The lowest BCUT2D eigenvalue weighted by Gasteiger charge is -2.22. The van der Waals surface area contributed by atoms with E-state index in [9.17, 15) is 9.59 Å². The lowest BCUT2D eigenvalue weighted by Crippen LogP contribution is -2.38. The second-order valence-electron chi connectivity index (χ2n) is 6.68. The zero-order valence-corrected chi connectivity index (χ0v) is 13.8. The molecule has 1 saturated heterocycles. The van der Waals surface area contributed by atoms with Crippen LogP contribution in [0.2, 0.25) is 0 Å². The largest absolute Gasteiger partial charge is 0.341 e. The lowest BCUT2D eigenvalue weighted by molar-refractivity contribution is -0.131. The molecular weight excluding hydrogens is 292 g/mol. The fourth-order valence-electron chi connectivity index (χ4n) is 3.37. The molecular formula is C17H24N4O2. The van der Waals surface area contributed by atoms with E-state index in [4.69, 9.17) is 5.73 Å². The molecule has 124 valence electrons. The minimum atomic E-state index is -0.122. The predicted octanol–water partition coefficient (Wildman–Crippen LogP) is 1.02. The van der Waals surface area contributed by atoms with Gasteiger partial charge in [0.15, 0.2) is 0 Å². The number of aryl methyl sites for hydroxylation is 1. The van der Waals surface area contributed by atoms with Crippen LogP contribution in [-0.2, 0) is 17.9 Å². The molecule has 23 heavy (non-hydrogen) atoms. The quantitative estimate of drug-likeness (QED) is 0.915. The van der Waals surface area contributed by atoms with Crippen LogP contribution in [0.1, 0.15) is 20.3 Å². The Morgan fingerprint density at radius 3 is 2.48 bits per heavy atom. The Balaban J connectivity index is 1.89. The van der Waals surface area contributed by atoms with Crippen LogP contribution >= 0.6 is 0 Å². The van der Waals surface area contributed by atoms with Gasteiger partial charge in [-0.15, -0.1) is 0 Å². The molecule has 1 unspecified atom stereocenters. The smallest absolute Gasteiger partial charge is 0.329 e. The molecule has 0 spiro atoms. The van der Waals surface area contributed by atoms with Gasteiger partial charge in [-0.25, -0.2) is 4.79 Å². The summed E-state index contributed by atoms with van der Waals surface area (Å²) in [6.07, 6.45) is 0.918. The van der Waals surface area contributed by atoms with Gasteiger partial charge in [0.05, 0.1) is 11.0 Å². The first-order valence-electron chi connectivity index (χ1n) is 8.15. The topological polar surface area (TPSA) is 73.3 Å². The third-order valence-electron chi connectivity index (χ3n) is 4.94. The zero-order chi connectivity index (χ0) is 16.6. The van der Waals surface area contributed by atoms with Gasteiger partial charge >= 0.3 is 5.69 Å². The number of imidazole rings is 1. The van der Waals surface area contributed by atoms with Gasteiger partial charge in [0, 0.05) is 19.6 Å². The van der Waals surface area contributed by atoms with Crippen LogP contribution in [0.5, 0.6) is 0 Å². The number of nitrogens with two attached hydrogens (primary N) is 1. The van der Waals surface area contributed by atoms with Gasteiger partial charge < -0.3 is 10.6 Å². The van der Waals surface area contributed by atoms with Crippen LogP contribution in [0.3, 0.4) is 0 Å². The molecule has 1 aliphatic heterocycles. The minimum absolute atomic E-state index is 0.00195. The van der Waals surface area contributed by atoms with Crippen molar-refractivity contribution >= 4 is 16.9 Å². The Morgan fingerprint density at radius 2 is 1.91 bits per heavy atom. The molecule has 1 amide bonds. The van der Waals surface area contributed by atoms with E-state index in [0.29, 0.717) is 26.2 Å². The van der Waals surface area contributed by atoms with Crippen molar-refractivity contribution in [1.29, 1.82) is 0 Å². The van der Waals surface area contributed by atoms with Crippen LogP contribution in [0.4, 0.5) is 0 Å². The number of rotatable bonds is 4. The van der Waals surface area contributed by atoms with Gasteiger partial charge in [-0.1, -0.05) is 19.1 Å².